The number of nitrogens with zero attached hydrogens (tertiary/aromatic N) is 1. The van der Waals surface area contributed by atoms with Gasteiger partial charge in [0.05, 0.1) is 12.1 Å². The molecule has 0 fully saturated rings. The minimum atomic E-state index is -0.307. The van der Waals surface area contributed by atoms with E-state index in [2.05, 4.69) is 5.43 Å². The normalized spacial score (nSPS) is 14.0. The number of rotatable bonds is 3. The fourth-order valence-electron chi connectivity index (χ4n) is 1.31. The topological polar surface area (TPSA) is 58.4 Å². The summed E-state index contributed by atoms with van der Waals surface area (Å²) in [6.07, 6.45) is 2.15. The third kappa shape index (κ3) is 2.44. The lowest BCUT2D eigenvalue weighted by molar-refractivity contribution is -0.117. The third-order valence-electron chi connectivity index (χ3n) is 1.98. The highest BCUT2D eigenvalue weighted by molar-refractivity contribution is 8.03. The van der Waals surface area contributed by atoms with Gasteiger partial charge in [0.25, 0.3) is 0 Å². The third-order valence-corrected chi connectivity index (χ3v) is 2.76. The molecule has 0 aliphatic carbocycles. The van der Waals surface area contributed by atoms with Crippen molar-refractivity contribution in [1.29, 1.82) is 0 Å². The summed E-state index contributed by atoms with van der Waals surface area (Å²) in [5.74, 6) is -0.307. The molecule has 0 saturated heterocycles. The Morgan fingerprint density at radius 2 is 2.13 bits per heavy atom. The largest absolute Gasteiger partial charge is 0.369 e. The number of anilines is 1. The maximum atomic E-state index is 10.7. The van der Waals surface area contributed by atoms with Crippen LogP contribution in [-0.4, -0.2) is 5.91 Å². The van der Waals surface area contributed by atoms with Crippen molar-refractivity contribution in [2.24, 2.45) is 5.73 Å². The van der Waals surface area contributed by atoms with Crippen LogP contribution < -0.4 is 15.6 Å². The van der Waals surface area contributed by atoms with Gasteiger partial charge in [-0.3, -0.25) is 10.2 Å². The van der Waals surface area contributed by atoms with E-state index < -0.39 is 0 Å². The number of hydrogen-bond acceptors (Lipinski definition) is 4. The molecular formula is C10H11N3OS. The quantitative estimate of drug-likeness (QED) is 0.752. The minimum Gasteiger partial charge on any atom is -0.369 e. The summed E-state index contributed by atoms with van der Waals surface area (Å²) in [7, 11) is 0. The van der Waals surface area contributed by atoms with Crippen LogP contribution >= 0.6 is 11.9 Å². The zero-order chi connectivity index (χ0) is 10.7. The van der Waals surface area contributed by atoms with E-state index in [1.165, 1.54) is 0 Å². The number of nitrogens with two attached hydrogens (primary N) is 1. The molecule has 0 unspecified atom stereocenters. The van der Waals surface area contributed by atoms with Gasteiger partial charge in [0, 0.05) is 23.6 Å². The van der Waals surface area contributed by atoms with Crippen molar-refractivity contribution in [3.63, 3.8) is 0 Å². The smallest absolute Gasteiger partial charge is 0.221 e. The van der Waals surface area contributed by atoms with Crippen LogP contribution in [0.15, 0.2) is 35.9 Å². The van der Waals surface area contributed by atoms with E-state index in [1.54, 1.807) is 11.9 Å². The Kier molecular flexibility index (Phi) is 2.82. The summed E-state index contributed by atoms with van der Waals surface area (Å²) in [6, 6.07) is 7.71. The predicted molar refractivity (Wildman–Crippen MR) is 61.7 cm³/mol. The second-order valence-electron chi connectivity index (χ2n) is 3.14. The van der Waals surface area contributed by atoms with Gasteiger partial charge in [-0.25, -0.2) is 4.41 Å². The van der Waals surface area contributed by atoms with Crippen molar-refractivity contribution in [2.75, 3.05) is 4.41 Å². The summed E-state index contributed by atoms with van der Waals surface area (Å²) in [5, 5.41) is 1.96. The molecule has 0 spiro atoms. The number of hydrazine groups is 1. The molecule has 3 N–H and O–H groups in total. The van der Waals surface area contributed by atoms with Crippen LogP contribution in [0.3, 0.4) is 0 Å². The molecule has 0 radical (unpaired) electrons. The molecule has 1 aliphatic rings. The molecule has 1 aromatic carbocycles. The van der Waals surface area contributed by atoms with Gasteiger partial charge in [-0.2, -0.15) is 0 Å². The average Bonchev–Trinajstić information content (AvgIpc) is 2.71. The number of carbonyl (C=O) groups is 1. The van der Waals surface area contributed by atoms with Gasteiger partial charge >= 0.3 is 0 Å². The number of hydrogen-bond donors (Lipinski definition) is 2. The number of carbonyl (C=O) groups excluding carboxylic acids is 1. The lowest BCUT2D eigenvalue weighted by Crippen LogP contribution is -2.22. The number of nitrogens with one attached hydrogen (secondary N) is 1. The van der Waals surface area contributed by atoms with E-state index in [4.69, 9.17) is 5.73 Å². The van der Waals surface area contributed by atoms with Crippen molar-refractivity contribution >= 4 is 23.5 Å². The van der Waals surface area contributed by atoms with Crippen molar-refractivity contribution in [3.8, 4) is 0 Å². The first kappa shape index (κ1) is 9.92. The Morgan fingerprint density at radius 1 is 1.40 bits per heavy atom. The Hall–Kier alpha value is -1.62. The van der Waals surface area contributed by atoms with Crippen LogP contribution in [0.2, 0.25) is 0 Å². The van der Waals surface area contributed by atoms with Crippen LogP contribution in [0.25, 0.3) is 0 Å². The molecule has 0 aromatic heterocycles. The molecule has 4 nitrogen and oxygen atoms in total. The number of amides is 1. The van der Waals surface area contributed by atoms with Gasteiger partial charge in [-0.15, -0.1) is 0 Å². The van der Waals surface area contributed by atoms with Crippen molar-refractivity contribution in [1.82, 2.24) is 5.43 Å². The predicted octanol–water partition coefficient (Wildman–Crippen LogP) is 1.16. The van der Waals surface area contributed by atoms with E-state index in [-0.39, 0.29) is 5.91 Å². The Morgan fingerprint density at radius 3 is 2.67 bits per heavy atom. The Labute approximate surface area is 92.2 Å². The van der Waals surface area contributed by atoms with Crippen LogP contribution in [0.5, 0.6) is 0 Å². The summed E-state index contributed by atoms with van der Waals surface area (Å²) >= 11 is 1.57. The lowest BCUT2D eigenvalue weighted by Gasteiger charge is -2.16. The van der Waals surface area contributed by atoms with Crippen LogP contribution in [0, 0.1) is 0 Å². The van der Waals surface area contributed by atoms with Gasteiger partial charge in [0.15, 0.2) is 0 Å². The molecular weight excluding hydrogens is 210 g/mol. The Balaban J connectivity index is 2.06. The molecule has 5 heteroatoms. The first-order valence-electron chi connectivity index (χ1n) is 4.51. The SMILES string of the molecule is NC(=O)Cc1ccc(N2NC=CS2)cc1. The molecule has 1 heterocycles. The molecule has 1 amide bonds. The zero-order valence-corrected chi connectivity index (χ0v) is 8.83. The second kappa shape index (κ2) is 4.27. The fraction of sp³-hybridized carbons (Fsp3) is 0.100. The van der Waals surface area contributed by atoms with Gasteiger partial charge in [0.1, 0.15) is 0 Å². The molecule has 0 saturated carbocycles. The maximum absolute atomic E-state index is 10.7. The van der Waals surface area contributed by atoms with Gasteiger partial charge in [0.2, 0.25) is 5.91 Å². The Bertz CT molecular complexity index is 380. The first-order valence-corrected chi connectivity index (χ1v) is 5.35. The highest BCUT2D eigenvalue weighted by Crippen LogP contribution is 2.24. The van der Waals surface area contributed by atoms with E-state index in [0.29, 0.717) is 6.42 Å². The van der Waals surface area contributed by atoms with E-state index in [1.807, 2.05) is 40.3 Å². The molecule has 78 valence electrons. The lowest BCUT2D eigenvalue weighted by atomic mass is 10.1. The molecule has 0 atom stereocenters. The summed E-state index contributed by atoms with van der Waals surface area (Å²) < 4.78 is 1.92. The number of primary amides is 1. The highest BCUT2D eigenvalue weighted by Gasteiger charge is 2.07. The average molecular weight is 221 g/mol. The summed E-state index contributed by atoms with van der Waals surface area (Å²) in [5.41, 5.74) is 10.1. The van der Waals surface area contributed by atoms with Crippen LogP contribution in [-0.2, 0) is 11.2 Å². The van der Waals surface area contributed by atoms with Crippen molar-refractivity contribution in [3.05, 3.63) is 41.4 Å². The second-order valence-corrected chi connectivity index (χ2v) is 3.99. The highest BCUT2D eigenvalue weighted by atomic mass is 32.2. The minimum absolute atomic E-state index is 0.291. The summed E-state index contributed by atoms with van der Waals surface area (Å²) in [4.78, 5) is 10.7. The fourth-order valence-corrected chi connectivity index (χ4v) is 1.91. The molecule has 1 aliphatic heterocycles. The molecule has 15 heavy (non-hydrogen) atoms. The van der Waals surface area contributed by atoms with E-state index >= 15 is 0 Å². The van der Waals surface area contributed by atoms with Crippen molar-refractivity contribution < 1.29 is 4.79 Å². The van der Waals surface area contributed by atoms with Gasteiger partial charge in [-0.1, -0.05) is 12.1 Å². The summed E-state index contributed by atoms with van der Waals surface area (Å²) in [6.45, 7) is 0. The van der Waals surface area contributed by atoms with Crippen molar-refractivity contribution in [2.45, 2.75) is 6.42 Å². The van der Waals surface area contributed by atoms with Gasteiger partial charge < -0.3 is 5.73 Å². The molecule has 2 rings (SSSR count). The van der Waals surface area contributed by atoms with E-state index in [9.17, 15) is 4.79 Å². The number of benzene rings is 1. The first-order chi connectivity index (χ1) is 7.25. The molecule has 1 aromatic rings. The van der Waals surface area contributed by atoms with Crippen LogP contribution in [0.4, 0.5) is 5.69 Å². The van der Waals surface area contributed by atoms with Crippen LogP contribution in [0.1, 0.15) is 5.56 Å². The molecule has 0 bridgehead atoms. The monoisotopic (exact) mass is 221 g/mol. The maximum Gasteiger partial charge on any atom is 0.221 e. The van der Waals surface area contributed by atoms with E-state index in [0.717, 1.165) is 11.3 Å². The van der Waals surface area contributed by atoms with Gasteiger partial charge in [-0.05, 0) is 17.7 Å². The zero-order valence-electron chi connectivity index (χ0n) is 8.01. The standard InChI is InChI=1S/C10H11N3OS/c11-10(14)7-8-1-3-9(4-2-8)13-12-5-6-15-13/h1-6,12H,7H2,(H2,11,14).